The van der Waals surface area contributed by atoms with E-state index in [1.807, 2.05) is 0 Å². The van der Waals surface area contributed by atoms with Crippen LogP contribution < -0.4 is 0 Å². The number of aliphatic hydroxyl groups excluding tert-OH is 4. The number of aliphatic hydroxyl groups is 4. The Hall–Kier alpha value is -0.440. The first kappa shape index (κ1) is 29.8. The van der Waals surface area contributed by atoms with E-state index in [0.29, 0.717) is 6.61 Å². The van der Waals surface area contributed by atoms with Gasteiger partial charge in [0.15, 0.2) is 12.6 Å². The van der Waals surface area contributed by atoms with Gasteiger partial charge in [-0.15, -0.1) is 0 Å². The summed E-state index contributed by atoms with van der Waals surface area (Å²) in [6.07, 6.45) is -3.07. The van der Waals surface area contributed by atoms with E-state index in [1.165, 1.54) is 39.9 Å². The molecule has 2 aliphatic heterocycles. The average molecular weight is 497 g/mol. The van der Waals surface area contributed by atoms with Crippen molar-refractivity contribution < 1.29 is 53.6 Å². The van der Waals surface area contributed by atoms with Crippen LogP contribution in [0.3, 0.4) is 0 Å². The third-order valence-electron chi connectivity index (χ3n) is 6.36. The maximum absolute atomic E-state index is 10.4. The Morgan fingerprint density at radius 2 is 1.47 bits per heavy atom. The lowest BCUT2D eigenvalue weighted by atomic mass is 10.0. The SMILES string of the molecule is CCCCCCCCO[C@@H]1OC(C(COC)O[C@@H]2OC(C(O)CO)[C@@H](O)[C@H]2O)[C@H](OC)[C@H]1OC. The van der Waals surface area contributed by atoms with Crippen molar-refractivity contribution in [3.8, 4) is 0 Å². The van der Waals surface area contributed by atoms with Gasteiger partial charge in [0.1, 0.15) is 48.8 Å². The Bertz CT molecular complexity index is 539. The quantitative estimate of drug-likeness (QED) is 0.201. The molecule has 2 aliphatic rings. The molecule has 2 heterocycles. The largest absolute Gasteiger partial charge is 0.394 e. The first-order valence-corrected chi connectivity index (χ1v) is 12.2. The fourth-order valence-corrected chi connectivity index (χ4v) is 4.43. The molecule has 4 N–H and O–H groups in total. The van der Waals surface area contributed by atoms with Crippen molar-refractivity contribution in [2.24, 2.45) is 0 Å². The number of hydrogen-bond donors (Lipinski definition) is 4. The lowest BCUT2D eigenvalue weighted by molar-refractivity contribution is -0.245. The van der Waals surface area contributed by atoms with Crippen LogP contribution in [0.2, 0.25) is 0 Å². The van der Waals surface area contributed by atoms with Crippen LogP contribution in [0.1, 0.15) is 45.4 Å². The highest BCUT2D eigenvalue weighted by Crippen LogP contribution is 2.33. The van der Waals surface area contributed by atoms with Gasteiger partial charge in [-0.1, -0.05) is 39.0 Å². The zero-order valence-electron chi connectivity index (χ0n) is 20.8. The number of ether oxygens (including phenoxy) is 7. The summed E-state index contributed by atoms with van der Waals surface area (Å²) < 4.78 is 40.1. The van der Waals surface area contributed by atoms with Crippen LogP contribution in [0.4, 0.5) is 0 Å². The Morgan fingerprint density at radius 1 is 0.824 bits per heavy atom. The van der Waals surface area contributed by atoms with Gasteiger partial charge in [0.05, 0.1) is 13.2 Å². The van der Waals surface area contributed by atoms with Gasteiger partial charge in [-0.2, -0.15) is 0 Å². The second kappa shape index (κ2) is 15.6. The van der Waals surface area contributed by atoms with E-state index in [9.17, 15) is 20.4 Å². The molecule has 0 spiro atoms. The van der Waals surface area contributed by atoms with Crippen LogP contribution in [-0.2, 0) is 33.2 Å². The third kappa shape index (κ3) is 7.78. The average Bonchev–Trinajstić information content (AvgIpc) is 3.34. The third-order valence-corrected chi connectivity index (χ3v) is 6.36. The molecule has 0 amide bonds. The van der Waals surface area contributed by atoms with E-state index in [2.05, 4.69) is 6.92 Å². The fourth-order valence-electron chi connectivity index (χ4n) is 4.43. The summed E-state index contributed by atoms with van der Waals surface area (Å²) in [7, 11) is 4.58. The highest BCUT2D eigenvalue weighted by atomic mass is 16.8. The molecule has 0 aliphatic carbocycles. The van der Waals surface area contributed by atoms with Crippen molar-refractivity contribution in [1.82, 2.24) is 0 Å². The summed E-state index contributed by atoms with van der Waals surface area (Å²) in [4.78, 5) is 0. The highest BCUT2D eigenvalue weighted by molar-refractivity contribution is 4.96. The van der Waals surface area contributed by atoms with E-state index in [1.54, 1.807) is 7.11 Å². The van der Waals surface area contributed by atoms with Crippen LogP contribution in [0.15, 0.2) is 0 Å². The molecule has 34 heavy (non-hydrogen) atoms. The molecule has 0 saturated carbocycles. The van der Waals surface area contributed by atoms with Crippen molar-refractivity contribution in [3.05, 3.63) is 0 Å². The van der Waals surface area contributed by atoms with Crippen LogP contribution in [0.25, 0.3) is 0 Å². The minimum atomic E-state index is -1.44. The maximum atomic E-state index is 10.4. The van der Waals surface area contributed by atoms with Crippen molar-refractivity contribution in [2.45, 2.75) is 107 Å². The molecule has 0 aromatic heterocycles. The van der Waals surface area contributed by atoms with Crippen LogP contribution in [-0.4, -0.2) is 123 Å². The number of rotatable bonds is 17. The molecule has 2 fully saturated rings. The molecule has 0 aromatic rings. The monoisotopic (exact) mass is 496 g/mol. The molecule has 4 unspecified atom stereocenters. The molecule has 0 bridgehead atoms. The van der Waals surface area contributed by atoms with Gasteiger partial charge < -0.3 is 53.6 Å². The lowest BCUT2D eigenvalue weighted by Crippen LogP contribution is -2.47. The summed E-state index contributed by atoms with van der Waals surface area (Å²) in [6.45, 7) is 2.15. The summed E-state index contributed by atoms with van der Waals surface area (Å²) in [5.74, 6) is 0. The second-order valence-electron chi connectivity index (χ2n) is 8.84. The fraction of sp³-hybridized carbons (Fsp3) is 1.00. The van der Waals surface area contributed by atoms with Crippen molar-refractivity contribution in [1.29, 1.82) is 0 Å². The van der Waals surface area contributed by atoms with Gasteiger partial charge in [0.2, 0.25) is 0 Å². The zero-order chi connectivity index (χ0) is 25.1. The second-order valence-corrected chi connectivity index (χ2v) is 8.84. The molecule has 0 aromatic carbocycles. The molecular formula is C23H44O11. The van der Waals surface area contributed by atoms with Crippen LogP contribution >= 0.6 is 0 Å². The predicted octanol–water partition coefficient (Wildman–Crippen LogP) is -0.0501. The van der Waals surface area contributed by atoms with E-state index >= 15 is 0 Å². The normalized spacial score (nSPS) is 35.6. The maximum Gasteiger partial charge on any atom is 0.187 e. The molecule has 2 rings (SSSR count). The van der Waals surface area contributed by atoms with Crippen LogP contribution in [0, 0.1) is 0 Å². The topological polar surface area (TPSA) is 146 Å². The van der Waals surface area contributed by atoms with Crippen molar-refractivity contribution >= 4 is 0 Å². The molecular weight excluding hydrogens is 452 g/mol. The molecule has 11 heteroatoms. The highest BCUT2D eigenvalue weighted by Gasteiger charge is 2.53. The Labute approximate surface area is 202 Å². The lowest BCUT2D eigenvalue weighted by Gasteiger charge is -2.30. The molecule has 11 nitrogen and oxygen atoms in total. The first-order chi connectivity index (χ1) is 16.4. The van der Waals surface area contributed by atoms with E-state index < -0.39 is 68.0 Å². The zero-order valence-corrected chi connectivity index (χ0v) is 20.8. The van der Waals surface area contributed by atoms with Gasteiger partial charge in [0.25, 0.3) is 0 Å². The summed E-state index contributed by atoms with van der Waals surface area (Å²) in [5.41, 5.74) is 0. The van der Waals surface area contributed by atoms with Crippen molar-refractivity contribution in [3.63, 3.8) is 0 Å². The number of methoxy groups -OCH3 is 3. The van der Waals surface area contributed by atoms with Gasteiger partial charge in [0, 0.05) is 27.9 Å². The summed E-state index contributed by atoms with van der Waals surface area (Å²) in [6, 6.07) is 0. The van der Waals surface area contributed by atoms with Gasteiger partial charge in [-0.25, -0.2) is 0 Å². The predicted molar refractivity (Wildman–Crippen MR) is 120 cm³/mol. The molecule has 2 saturated heterocycles. The molecule has 202 valence electrons. The van der Waals surface area contributed by atoms with Crippen LogP contribution in [0.5, 0.6) is 0 Å². The smallest absolute Gasteiger partial charge is 0.187 e. The van der Waals surface area contributed by atoms with Crippen molar-refractivity contribution in [2.75, 3.05) is 41.2 Å². The Morgan fingerprint density at radius 3 is 2.09 bits per heavy atom. The Balaban J connectivity index is 1.99. The summed E-state index contributed by atoms with van der Waals surface area (Å²) in [5, 5.41) is 39.6. The standard InChI is InChI=1S/C23H44O11/c1-5-6-7-8-9-10-11-31-23-21(30-4)20(29-3)19(34-23)15(13-28-2)32-22-17(27)16(26)18(33-22)14(25)12-24/h14-27H,5-13H2,1-4H3/t14?,15?,16-,17+,18?,19?,20-,21+,22+,23+/m0/s1. The number of unbranched alkanes of at least 4 members (excludes halogenated alkanes) is 5. The molecule has 0 radical (unpaired) electrons. The summed E-state index contributed by atoms with van der Waals surface area (Å²) >= 11 is 0. The minimum absolute atomic E-state index is 0.0704. The first-order valence-electron chi connectivity index (χ1n) is 12.2. The van der Waals surface area contributed by atoms with Gasteiger partial charge >= 0.3 is 0 Å². The molecule has 10 atom stereocenters. The minimum Gasteiger partial charge on any atom is -0.394 e. The van der Waals surface area contributed by atoms with E-state index in [-0.39, 0.29) is 6.61 Å². The number of hydrogen-bond acceptors (Lipinski definition) is 11. The Kier molecular flexibility index (Phi) is 13.7. The van der Waals surface area contributed by atoms with Gasteiger partial charge in [-0.3, -0.25) is 0 Å². The van der Waals surface area contributed by atoms with Gasteiger partial charge in [-0.05, 0) is 6.42 Å². The van der Waals surface area contributed by atoms with E-state index in [4.69, 9.17) is 33.2 Å². The van der Waals surface area contributed by atoms with E-state index in [0.717, 1.165) is 12.8 Å².